The zero-order valence-electron chi connectivity index (χ0n) is 13.3. The van der Waals surface area contributed by atoms with Gasteiger partial charge in [0.05, 0.1) is 28.1 Å². The van der Waals surface area contributed by atoms with E-state index in [1.165, 1.54) is 34.4 Å². The van der Waals surface area contributed by atoms with Crippen LogP contribution < -0.4 is 15.8 Å². The van der Waals surface area contributed by atoms with Crippen LogP contribution in [0.1, 0.15) is 17.3 Å². The summed E-state index contributed by atoms with van der Waals surface area (Å²) in [6.07, 6.45) is 0. The van der Waals surface area contributed by atoms with Gasteiger partial charge in [-0.3, -0.25) is 9.59 Å². The van der Waals surface area contributed by atoms with Crippen LogP contribution in [0.15, 0.2) is 34.0 Å². The molecule has 0 aliphatic rings. The molecule has 0 spiro atoms. The molecular weight excluding hydrogens is 378 g/mol. The van der Waals surface area contributed by atoms with Gasteiger partial charge in [0.15, 0.2) is 4.34 Å². The highest BCUT2D eigenvalue weighted by molar-refractivity contribution is 8.01. The van der Waals surface area contributed by atoms with Gasteiger partial charge in [-0.15, -0.1) is 22.7 Å². The van der Waals surface area contributed by atoms with Gasteiger partial charge >= 0.3 is 0 Å². The van der Waals surface area contributed by atoms with Crippen molar-refractivity contribution in [3.05, 3.63) is 35.2 Å². The van der Waals surface area contributed by atoms with Gasteiger partial charge in [-0.1, -0.05) is 11.8 Å². The third-order valence-corrected chi connectivity index (χ3v) is 6.15. The Balaban J connectivity index is 1.62. The average Bonchev–Trinajstić information content (AvgIpc) is 3.19. The standard InChI is InChI=1S/C16H15N3O3S3/c1-2-22-9-3-4-11-12(7-9)25-16(18-11)24-8-13(20)19-15-10(14(17)21)5-6-23-15/h3-7H,2,8H2,1H3,(H2,17,21)(H,19,20). The molecule has 0 unspecified atom stereocenters. The van der Waals surface area contributed by atoms with Crippen LogP contribution in [-0.2, 0) is 4.79 Å². The molecule has 130 valence electrons. The van der Waals surface area contributed by atoms with Gasteiger partial charge in [-0.05, 0) is 36.6 Å². The van der Waals surface area contributed by atoms with Gasteiger partial charge in [0.25, 0.3) is 5.91 Å². The number of rotatable bonds is 7. The highest BCUT2D eigenvalue weighted by Gasteiger charge is 2.13. The summed E-state index contributed by atoms with van der Waals surface area (Å²) in [6.45, 7) is 2.55. The Labute approximate surface area is 156 Å². The maximum atomic E-state index is 12.1. The number of hydrogen-bond acceptors (Lipinski definition) is 7. The number of amides is 2. The lowest BCUT2D eigenvalue weighted by atomic mass is 10.3. The second-order valence-corrected chi connectivity index (χ2v) is 8.08. The zero-order chi connectivity index (χ0) is 17.8. The highest BCUT2D eigenvalue weighted by atomic mass is 32.2. The molecule has 9 heteroatoms. The number of thioether (sulfide) groups is 1. The molecule has 2 aromatic heterocycles. The van der Waals surface area contributed by atoms with Gasteiger partial charge in [0.2, 0.25) is 5.91 Å². The van der Waals surface area contributed by atoms with Gasteiger partial charge in [0.1, 0.15) is 10.8 Å². The van der Waals surface area contributed by atoms with E-state index in [1.807, 2.05) is 25.1 Å². The summed E-state index contributed by atoms with van der Waals surface area (Å²) in [4.78, 5) is 27.9. The number of nitrogens with two attached hydrogens (primary N) is 1. The van der Waals surface area contributed by atoms with Gasteiger partial charge in [-0.25, -0.2) is 4.98 Å². The predicted molar refractivity (Wildman–Crippen MR) is 103 cm³/mol. The summed E-state index contributed by atoms with van der Waals surface area (Å²) >= 11 is 4.14. The molecule has 2 heterocycles. The Kier molecular flexibility index (Phi) is 5.57. The fraction of sp³-hybridized carbons (Fsp3) is 0.188. The van der Waals surface area contributed by atoms with Crippen molar-refractivity contribution in [2.24, 2.45) is 5.73 Å². The number of benzene rings is 1. The number of thiophene rings is 1. The molecule has 0 saturated heterocycles. The molecule has 6 nitrogen and oxygen atoms in total. The first-order chi connectivity index (χ1) is 12.1. The van der Waals surface area contributed by atoms with Crippen LogP contribution in [0.5, 0.6) is 5.75 Å². The molecule has 0 radical (unpaired) electrons. The van der Waals surface area contributed by atoms with Crippen LogP contribution in [0.3, 0.4) is 0 Å². The van der Waals surface area contributed by atoms with Crippen LogP contribution >= 0.6 is 34.4 Å². The third-order valence-electron chi connectivity index (χ3n) is 3.16. The van der Waals surface area contributed by atoms with Crippen molar-refractivity contribution >= 4 is 61.5 Å². The van der Waals surface area contributed by atoms with Crippen LogP contribution in [0, 0.1) is 0 Å². The first-order valence-corrected chi connectivity index (χ1v) is 10.1. The second kappa shape index (κ2) is 7.85. The third kappa shape index (κ3) is 4.30. The van der Waals surface area contributed by atoms with Crippen molar-refractivity contribution in [2.75, 3.05) is 17.7 Å². The Morgan fingerprint density at radius 1 is 1.36 bits per heavy atom. The zero-order valence-corrected chi connectivity index (χ0v) is 15.7. The minimum Gasteiger partial charge on any atom is -0.494 e. The first-order valence-electron chi connectivity index (χ1n) is 7.40. The number of aromatic nitrogens is 1. The number of hydrogen-bond donors (Lipinski definition) is 2. The summed E-state index contributed by atoms with van der Waals surface area (Å²) < 4.78 is 7.30. The largest absolute Gasteiger partial charge is 0.494 e. The molecule has 3 N–H and O–H groups in total. The summed E-state index contributed by atoms with van der Waals surface area (Å²) in [5.41, 5.74) is 6.48. The number of nitrogens with one attached hydrogen (secondary N) is 1. The van der Waals surface area contributed by atoms with E-state index in [9.17, 15) is 9.59 Å². The van der Waals surface area contributed by atoms with Crippen LogP contribution in [-0.4, -0.2) is 29.2 Å². The molecule has 0 aliphatic carbocycles. The summed E-state index contributed by atoms with van der Waals surface area (Å²) in [5.74, 6) is 0.253. The Bertz CT molecular complexity index is 920. The monoisotopic (exact) mass is 393 g/mol. The van der Waals surface area contributed by atoms with Crippen molar-refractivity contribution < 1.29 is 14.3 Å². The van der Waals surface area contributed by atoms with E-state index in [0.29, 0.717) is 17.2 Å². The topological polar surface area (TPSA) is 94.3 Å². The molecule has 0 saturated carbocycles. The van der Waals surface area contributed by atoms with Crippen molar-refractivity contribution in [3.8, 4) is 5.75 Å². The van der Waals surface area contributed by atoms with Crippen molar-refractivity contribution in [3.63, 3.8) is 0 Å². The lowest BCUT2D eigenvalue weighted by Crippen LogP contribution is -2.17. The number of primary amides is 1. The van der Waals surface area contributed by atoms with E-state index < -0.39 is 5.91 Å². The van der Waals surface area contributed by atoms with Crippen LogP contribution in [0.2, 0.25) is 0 Å². The van der Waals surface area contributed by atoms with Crippen LogP contribution in [0.4, 0.5) is 5.00 Å². The molecule has 3 rings (SSSR count). The Hall–Kier alpha value is -2.10. The van der Waals surface area contributed by atoms with Crippen LogP contribution in [0.25, 0.3) is 10.2 Å². The molecular formula is C16H15N3O3S3. The predicted octanol–water partition coefficient (Wildman–Crippen LogP) is 3.59. The minimum absolute atomic E-state index is 0.203. The van der Waals surface area contributed by atoms with Gasteiger partial charge in [0, 0.05) is 0 Å². The van der Waals surface area contributed by atoms with Gasteiger partial charge < -0.3 is 15.8 Å². The lowest BCUT2D eigenvalue weighted by Gasteiger charge is -2.03. The van der Waals surface area contributed by atoms with Crippen molar-refractivity contribution in [1.29, 1.82) is 0 Å². The van der Waals surface area contributed by atoms with E-state index in [0.717, 1.165) is 20.3 Å². The van der Waals surface area contributed by atoms with E-state index in [1.54, 1.807) is 11.4 Å². The quantitative estimate of drug-likeness (QED) is 0.598. The van der Waals surface area contributed by atoms with E-state index >= 15 is 0 Å². The van der Waals surface area contributed by atoms with Gasteiger partial charge in [-0.2, -0.15) is 0 Å². The Morgan fingerprint density at radius 2 is 2.20 bits per heavy atom. The van der Waals surface area contributed by atoms with E-state index in [-0.39, 0.29) is 11.7 Å². The molecule has 0 atom stereocenters. The first kappa shape index (κ1) is 17.7. The number of thiazole rings is 1. The number of anilines is 1. The fourth-order valence-corrected chi connectivity index (χ4v) is 4.80. The molecule has 0 bridgehead atoms. The number of carbonyl (C=O) groups excluding carboxylic acids is 2. The number of carbonyl (C=O) groups is 2. The van der Waals surface area contributed by atoms with E-state index in [2.05, 4.69) is 10.3 Å². The number of fused-ring (bicyclic) bond motifs is 1. The minimum atomic E-state index is -0.555. The number of nitrogens with zero attached hydrogens (tertiary/aromatic N) is 1. The molecule has 1 aromatic carbocycles. The van der Waals surface area contributed by atoms with E-state index in [4.69, 9.17) is 10.5 Å². The highest BCUT2D eigenvalue weighted by Crippen LogP contribution is 2.32. The number of ether oxygens (including phenoxy) is 1. The van der Waals surface area contributed by atoms with Crippen molar-refractivity contribution in [1.82, 2.24) is 4.98 Å². The average molecular weight is 394 g/mol. The smallest absolute Gasteiger partial charge is 0.251 e. The molecule has 25 heavy (non-hydrogen) atoms. The molecule has 0 aliphatic heterocycles. The normalized spacial score (nSPS) is 10.8. The fourth-order valence-electron chi connectivity index (χ4n) is 2.09. The lowest BCUT2D eigenvalue weighted by molar-refractivity contribution is -0.113. The SMILES string of the molecule is CCOc1ccc2nc(SCC(=O)Nc3sccc3C(N)=O)sc2c1. The molecule has 0 fully saturated rings. The molecule has 3 aromatic rings. The van der Waals surface area contributed by atoms with Crippen molar-refractivity contribution in [2.45, 2.75) is 11.3 Å². The summed E-state index contributed by atoms with van der Waals surface area (Å²) in [6, 6.07) is 7.34. The molecule has 2 amide bonds. The summed E-state index contributed by atoms with van der Waals surface area (Å²) in [7, 11) is 0. The Morgan fingerprint density at radius 3 is 2.96 bits per heavy atom. The summed E-state index contributed by atoms with van der Waals surface area (Å²) in [5, 5.41) is 4.91. The second-order valence-electron chi connectivity index (χ2n) is 4.91. The maximum absolute atomic E-state index is 12.1. The maximum Gasteiger partial charge on any atom is 0.251 e.